The van der Waals surface area contributed by atoms with Gasteiger partial charge in [0.15, 0.2) is 75.4 Å². The molecule has 3 atom stereocenters. The number of aryl methyl sites for hydroxylation is 1. The number of nitrogens with zero attached hydrogens (tertiary/aromatic N) is 12. The number of benzene rings is 6. The molecule has 7 rings (SSSR count). The zero-order valence-corrected chi connectivity index (χ0v) is 65.4. The van der Waals surface area contributed by atoms with Gasteiger partial charge in [0.25, 0.3) is 0 Å². The maximum Gasteiger partial charge on any atom is 0.161 e. The predicted molar refractivity (Wildman–Crippen MR) is 452 cm³/mol. The topological polar surface area (TPSA) is 362 Å². The van der Waals surface area contributed by atoms with Gasteiger partial charge in [-0.1, -0.05) is 86.8 Å². The second-order valence-corrected chi connectivity index (χ2v) is 26.9. The predicted octanol–water partition coefficient (Wildman–Crippen LogP) is 15.5. The van der Waals surface area contributed by atoms with Crippen LogP contribution in [-0.2, 0) is 75.0 Å². The van der Waals surface area contributed by atoms with E-state index in [2.05, 4.69) is 80.7 Å². The monoisotopic (exact) mass is 1560 g/mol. The minimum atomic E-state index is -0.485. The van der Waals surface area contributed by atoms with Crippen molar-refractivity contribution in [1.82, 2.24) is 0 Å². The van der Waals surface area contributed by atoms with Gasteiger partial charge in [0.05, 0.1) is 130 Å². The number of carbonyl (C=O) groups is 12. The minimum absolute atomic E-state index is 0.0906. The van der Waals surface area contributed by atoms with E-state index in [0.29, 0.717) is 168 Å². The smallest absolute Gasteiger partial charge is 0.161 e. The van der Waals surface area contributed by atoms with Gasteiger partial charge in [-0.2, -0.15) is 0 Å². The molecule has 586 valence electrons. The molecule has 0 heterocycles. The van der Waals surface area contributed by atoms with Gasteiger partial charge in [-0.15, -0.1) is 0 Å². The van der Waals surface area contributed by atoms with E-state index in [9.17, 15) is 57.5 Å². The van der Waals surface area contributed by atoms with Crippen LogP contribution in [0.2, 0.25) is 10.0 Å². The first-order valence-electron chi connectivity index (χ1n) is 35.2. The number of aldehydes is 12. The number of halogens is 2. The maximum absolute atomic E-state index is 10.4. The first-order chi connectivity index (χ1) is 53.9. The average molecular weight is 1560 g/mol. The highest BCUT2D eigenvalue weighted by Crippen LogP contribution is 2.34. The first kappa shape index (κ1) is 95.9. The van der Waals surface area contributed by atoms with Crippen molar-refractivity contribution >= 4 is 207 Å². The Morgan fingerprint density at radius 2 is 0.795 bits per heavy atom. The third-order valence-corrected chi connectivity index (χ3v) is 16.5. The van der Waals surface area contributed by atoms with Crippen molar-refractivity contribution < 1.29 is 62.3 Å². The van der Waals surface area contributed by atoms with Crippen LogP contribution < -0.4 is 4.74 Å². The zero-order chi connectivity index (χ0) is 82.7. The fraction of sp³-hybridized carbons (Fsp3) is 0.294. The first-order valence-corrected chi connectivity index (χ1v) is 36.0. The Hall–Kier alpha value is -12.2. The van der Waals surface area contributed by atoms with Crippen LogP contribution in [0.15, 0.2) is 187 Å². The van der Waals surface area contributed by atoms with E-state index < -0.39 is 11.1 Å². The van der Waals surface area contributed by atoms with Gasteiger partial charge in [0.2, 0.25) is 0 Å². The molecule has 27 heteroatoms. The SMILES string of the molecule is CC(C)(N=CC=O)c1cccc(C(C)(C)N=CC=O)c1.CC(CCN=CC=O)CC(C)(C)CN=CC=O.Cc1cc(N=CC=O)ccc1N=CC=O.O=CC=NCC1CCCC(CN=CC=O)C1.O=CC=Nc1ccc(Cc2ccc(N=CC=O)c(Cl)c2)cc1Cl.O=CC=Nc1ccc(Oc2ccc(N=CC=O)cc2)cc1. The molecule has 0 amide bonds. The number of hydrogen-bond donors (Lipinski definition) is 0. The molecule has 0 radical (unpaired) electrons. The van der Waals surface area contributed by atoms with Crippen LogP contribution in [-0.4, -0.2) is 176 Å². The molecule has 0 saturated heterocycles. The van der Waals surface area contributed by atoms with E-state index in [-0.39, 0.29) is 5.41 Å². The number of aliphatic imine (C=N–C) groups is 12. The Bertz CT molecular complexity index is 4160. The van der Waals surface area contributed by atoms with Crippen LogP contribution in [0.4, 0.5) is 34.1 Å². The van der Waals surface area contributed by atoms with Gasteiger partial charge in [0, 0.05) is 26.2 Å². The van der Waals surface area contributed by atoms with Crippen LogP contribution in [0.1, 0.15) is 115 Å². The Balaban J connectivity index is 0.000000459. The quantitative estimate of drug-likeness (QED) is 0.0259. The third-order valence-electron chi connectivity index (χ3n) is 15.8. The van der Waals surface area contributed by atoms with E-state index in [0.717, 1.165) is 72.6 Å². The Morgan fingerprint density at radius 1 is 0.420 bits per heavy atom. The molecule has 1 fully saturated rings. The van der Waals surface area contributed by atoms with Crippen molar-refractivity contribution in [2.24, 2.45) is 83.1 Å². The summed E-state index contributed by atoms with van der Waals surface area (Å²) in [6.45, 7) is 18.9. The Kier molecular flexibility index (Phi) is 48.7. The lowest BCUT2D eigenvalue weighted by Gasteiger charge is -2.26. The van der Waals surface area contributed by atoms with E-state index in [1.165, 1.54) is 81.4 Å². The second kappa shape index (κ2) is 56.9. The van der Waals surface area contributed by atoms with Gasteiger partial charge in [-0.25, -0.2) is 0 Å². The number of rotatable bonds is 37. The molecule has 25 nitrogen and oxygen atoms in total. The summed E-state index contributed by atoms with van der Waals surface area (Å²) in [5, 5.41) is 0.942. The van der Waals surface area contributed by atoms with Crippen molar-refractivity contribution in [1.29, 1.82) is 0 Å². The molecule has 1 aliphatic carbocycles. The van der Waals surface area contributed by atoms with Crippen LogP contribution >= 0.6 is 23.2 Å². The van der Waals surface area contributed by atoms with Crippen molar-refractivity contribution in [2.75, 3.05) is 26.2 Å². The summed E-state index contributed by atoms with van der Waals surface area (Å²) in [7, 11) is 0. The van der Waals surface area contributed by atoms with Crippen molar-refractivity contribution in [3.63, 3.8) is 0 Å². The Labute approximate surface area is 663 Å². The zero-order valence-electron chi connectivity index (χ0n) is 63.9. The molecule has 0 spiro atoms. The highest BCUT2D eigenvalue weighted by molar-refractivity contribution is 6.34. The molecule has 0 aliphatic heterocycles. The summed E-state index contributed by atoms with van der Waals surface area (Å²) in [5.74, 6) is 2.98. The Morgan fingerprint density at radius 3 is 1.21 bits per heavy atom. The van der Waals surface area contributed by atoms with Crippen molar-refractivity contribution in [3.05, 3.63) is 165 Å². The van der Waals surface area contributed by atoms with Crippen LogP contribution in [0, 0.1) is 30.1 Å². The summed E-state index contributed by atoms with van der Waals surface area (Å²) in [6, 6.07) is 38.0. The summed E-state index contributed by atoms with van der Waals surface area (Å²) < 4.78 is 5.65. The molecule has 112 heavy (non-hydrogen) atoms. The lowest BCUT2D eigenvalue weighted by molar-refractivity contribution is -0.103. The van der Waals surface area contributed by atoms with E-state index in [4.69, 9.17) is 27.9 Å². The summed E-state index contributed by atoms with van der Waals surface area (Å²) in [5.41, 5.74) is 7.80. The fourth-order valence-corrected chi connectivity index (χ4v) is 11.1. The normalized spacial score (nSPS) is 14.1. The molecule has 3 unspecified atom stereocenters. The number of ether oxygens (including phenoxy) is 1. The third kappa shape index (κ3) is 41.9. The van der Waals surface area contributed by atoms with E-state index >= 15 is 0 Å². The van der Waals surface area contributed by atoms with Crippen LogP contribution in [0.25, 0.3) is 0 Å². The molecule has 1 aliphatic rings. The lowest BCUT2D eigenvalue weighted by Crippen LogP contribution is -2.20. The van der Waals surface area contributed by atoms with Gasteiger partial charge < -0.3 is 4.74 Å². The number of carbonyl (C=O) groups excluding carboxylic acids is 12. The van der Waals surface area contributed by atoms with Crippen molar-refractivity contribution in [2.45, 2.75) is 111 Å². The molecule has 1 saturated carbocycles. The van der Waals surface area contributed by atoms with Gasteiger partial charge in [-0.05, 0) is 215 Å². The van der Waals surface area contributed by atoms with Gasteiger partial charge in [-0.3, -0.25) is 117 Å². The van der Waals surface area contributed by atoms with E-state index in [1.54, 1.807) is 91.0 Å². The van der Waals surface area contributed by atoms with Gasteiger partial charge >= 0.3 is 0 Å². The fourth-order valence-electron chi connectivity index (χ4n) is 10.6. The molecule has 0 bridgehead atoms. The molecule has 0 N–H and O–H groups in total. The highest BCUT2D eigenvalue weighted by Gasteiger charge is 2.25. The lowest BCUT2D eigenvalue weighted by atomic mass is 9.81. The van der Waals surface area contributed by atoms with Gasteiger partial charge in [0.1, 0.15) is 11.5 Å². The van der Waals surface area contributed by atoms with Crippen molar-refractivity contribution in [3.8, 4) is 11.5 Å². The molecular formula is C85H94Cl2N12O13. The largest absolute Gasteiger partial charge is 0.457 e. The van der Waals surface area contributed by atoms with E-state index in [1.807, 2.05) is 71.0 Å². The number of hydrogen-bond acceptors (Lipinski definition) is 25. The van der Waals surface area contributed by atoms with Crippen LogP contribution in [0.3, 0.4) is 0 Å². The minimum Gasteiger partial charge on any atom is -0.457 e. The molecule has 0 aromatic heterocycles. The second-order valence-electron chi connectivity index (χ2n) is 26.1. The highest BCUT2D eigenvalue weighted by atomic mass is 35.5. The summed E-state index contributed by atoms with van der Waals surface area (Å²) >= 11 is 12.3. The molecular weight excluding hydrogens is 1470 g/mol. The maximum atomic E-state index is 10.4. The average Bonchev–Trinajstić information content (AvgIpc) is 0.831. The summed E-state index contributed by atoms with van der Waals surface area (Å²) in [6.07, 6.45) is 30.0. The summed E-state index contributed by atoms with van der Waals surface area (Å²) in [4.78, 5) is 170. The standard InChI is InChI=1S/C17H12Cl2N2O2.C16H12N2O3.C16H20N2O2.C13H22N2O2.C12H18N2O2.C11H10N2O2/c18-14-10-12(1-3-16(14)20-5-7-22)9-13-2-4-17(15(19)11-13)21-6-8-23;19-11-9-17-13-1-5-15(6-2-13)21-16-7-3-14(4-8-16)18-10-12-20;1-15(2,17-8-10-19)13-6-5-7-14(12-13)16(3,4)18-9-11-20;1-12(4-5-14-6-8-16)10-13(2,3)11-15-7-9-17;15-6-4-13-9-11-2-1-3-12(8-11)10-14-5-7-16;1-9-8-10(12-4-6-14)2-3-11(9)13-5-7-15/h1-8,10-11H,9H2;1-12H;5-12H,1-4H3;6-9,12H,4-5,10-11H2,1-3H3;4-7,11-12H,1-3,8-10H2;2-8H,1H3. The van der Waals surface area contributed by atoms with Crippen LogP contribution in [0.5, 0.6) is 11.5 Å². The molecule has 6 aromatic carbocycles. The molecule has 6 aromatic rings.